The molecule has 3 aliphatic rings. The lowest BCUT2D eigenvalue weighted by atomic mass is 9.63. The number of anilines is 1. The Labute approximate surface area is 225 Å². The zero-order valence-electron chi connectivity index (χ0n) is 22.1. The monoisotopic (exact) mass is 529 g/mol. The Morgan fingerprint density at radius 1 is 1.03 bits per heavy atom. The van der Waals surface area contributed by atoms with Gasteiger partial charge in [0.15, 0.2) is 0 Å². The molecule has 7 rings (SSSR count). The van der Waals surface area contributed by atoms with Crippen LogP contribution in [0.5, 0.6) is 0 Å². The number of rotatable bonds is 4. The van der Waals surface area contributed by atoms with Gasteiger partial charge in [0.1, 0.15) is 11.5 Å². The fraction of sp³-hybridized carbons (Fsp3) is 0.375. The van der Waals surface area contributed by atoms with Crippen molar-refractivity contribution < 1.29 is 17.7 Å². The van der Waals surface area contributed by atoms with Crippen LogP contribution in [0.3, 0.4) is 0 Å². The van der Waals surface area contributed by atoms with Crippen LogP contribution < -0.4 is 4.90 Å². The van der Waals surface area contributed by atoms with Gasteiger partial charge in [-0.3, -0.25) is 4.98 Å². The first-order valence-corrected chi connectivity index (χ1v) is 13.7. The van der Waals surface area contributed by atoms with Crippen molar-refractivity contribution in [1.82, 2.24) is 10.1 Å². The third-order valence-corrected chi connectivity index (χ3v) is 8.81. The zero-order chi connectivity index (χ0) is 26.9. The lowest BCUT2D eigenvalue weighted by molar-refractivity contribution is -0.137. The lowest BCUT2D eigenvalue weighted by Gasteiger charge is -2.47. The minimum Gasteiger partial charge on any atom is -0.371 e. The summed E-state index contributed by atoms with van der Waals surface area (Å²) in [5, 5.41) is 5.39. The Hall–Kier alpha value is -3.61. The topological polar surface area (TPSA) is 42.2 Å². The SMILES string of the molecule is Cc1cnc2c(C)c(N3CCC4(C=C(c5c(-c6ccccc6C(F)(F)F)noc5C5CC5)C4)CC3)ccc2c1. The predicted molar refractivity (Wildman–Crippen MR) is 147 cm³/mol. The molecule has 4 aromatic rings. The molecule has 1 saturated heterocycles. The van der Waals surface area contributed by atoms with E-state index in [1.54, 1.807) is 6.07 Å². The number of fused-ring (bicyclic) bond motifs is 1. The molecule has 2 aromatic heterocycles. The molecule has 0 unspecified atom stereocenters. The zero-order valence-corrected chi connectivity index (χ0v) is 22.1. The molecule has 7 heteroatoms. The smallest absolute Gasteiger partial charge is 0.371 e. The van der Waals surface area contributed by atoms with Crippen LogP contribution in [-0.4, -0.2) is 23.2 Å². The van der Waals surface area contributed by atoms with E-state index in [-0.39, 0.29) is 16.9 Å². The van der Waals surface area contributed by atoms with Gasteiger partial charge >= 0.3 is 6.18 Å². The molecule has 0 bridgehead atoms. The largest absolute Gasteiger partial charge is 0.417 e. The lowest BCUT2D eigenvalue weighted by Crippen LogP contribution is -2.42. The molecule has 200 valence electrons. The molecule has 2 aliphatic carbocycles. The summed E-state index contributed by atoms with van der Waals surface area (Å²) < 4.78 is 47.3. The number of pyridine rings is 1. The van der Waals surface area contributed by atoms with Gasteiger partial charge in [-0.15, -0.1) is 0 Å². The highest BCUT2D eigenvalue weighted by Crippen LogP contribution is 2.56. The maximum atomic E-state index is 13.9. The standard InChI is InChI=1S/C32H30F3N3O/c1-19-15-22-9-10-26(20(2)28(22)36-18-19)38-13-11-31(12-14-38)16-23(17-31)27-29(37-39-30(27)21-7-8-21)24-5-3-4-6-25(24)32(33,34)35/h3-6,9-10,15-16,18,21H,7-8,11-14,17H2,1-2H3. The minimum atomic E-state index is -4.45. The van der Waals surface area contributed by atoms with Crippen LogP contribution in [0.25, 0.3) is 27.7 Å². The van der Waals surface area contributed by atoms with E-state index >= 15 is 0 Å². The fourth-order valence-corrected chi connectivity index (χ4v) is 6.54. The second-order valence-electron chi connectivity index (χ2n) is 11.6. The minimum absolute atomic E-state index is 0.0743. The van der Waals surface area contributed by atoms with Crippen molar-refractivity contribution in [2.24, 2.45) is 5.41 Å². The molecule has 39 heavy (non-hydrogen) atoms. The van der Waals surface area contributed by atoms with E-state index in [1.165, 1.54) is 28.8 Å². The van der Waals surface area contributed by atoms with Gasteiger partial charge in [-0.1, -0.05) is 35.5 Å². The van der Waals surface area contributed by atoms with Crippen LogP contribution in [0.1, 0.15) is 66.0 Å². The number of nitrogens with zero attached hydrogens (tertiary/aromatic N) is 3. The van der Waals surface area contributed by atoms with Crippen molar-refractivity contribution in [3.63, 3.8) is 0 Å². The van der Waals surface area contributed by atoms with Crippen LogP contribution in [0, 0.1) is 19.3 Å². The Morgan fingerprint density at radius 2 is 1.77 bits per heavy atom. The van der Waals surface area contributed by atoms with Gasteiger partial charge in [-0.2, -0.15) is 13.2 Å². The first-order valence-electron chi connectivity index (χ1n) is 13.7. The summed E-state index contributed by atoms with van der Waals surface area (Å²) in [6, 6.07) is 12.2. The highest BCUT2D eigenvalue weighted by molar-refractivity contribution is 5.88. The highest BCUT2D eigenvalue weighted by Gasteiger charge is 2.45. The number of aromatic nitrogens is 2. The average molecular weight is 530 g/mol. The summed E-state index contributed by atoms with van der Waals surface area (Å²) >= 11 is 0. The van der Waals surface area contributed by atoms with Gasteiger partial charge in [0.25, 0.3) is 0 Å². The number of hydrogen-bond donors (Lipinski definition) is 0. The van der Waals surface area contributed by atoms with Crippen LogP contribution in [0.4, 0.5) is 18.9 Å². The summed E-state index contributed by atoms with van der Waals surface area (Å²) in [7, 11) is 0. The number of allylic oxidation sites excluding steroid dienone is 2. The molecule has 4 nitrogen and oxygen atoms in total. The van der Waals surface area contributed by atoms with Crippen molar-refractivity contribution in [3.8, 4) is 11.3 Å². The molecular formula is C32H30F3N3O. The molecular weight excluding hydrogens is 499 g/mol. The molecule has 2 aromatic carbocycles. The van der Waals surface area contributed by atoms with Crippen LogP contribution in [0.2, 0.25) is 0 Å². The number of hydrogen-bond acceptors (Lipinski definition) is 4. The van der Waals surface area contributed by atoms with Gasteiger partial charge in [-0.05, 0) is 86.3 Å². The molecule has 3 heterocycles. The molecule has 0 N–H and O–H groups in total. The first kappa shape index (κ1) is 24.4. The van der Waals surface area contributed by atoms with Crippen molar-refractivity contribution in [1.29, 1.82) is 0 Å². The summed E-state index contributed by atoms with van der Waals surface area (Å²) in [4.78, 5) is 7.14. The molecule has 1 aliphatic heterocycles. The molecule has 0 atom stereocenters. The second-order valence-corrected chi connectivity index (χ2v) is 11.6. The Kier molecular flexibility index (Phi) is 5.45. The van der Waals surface area contributed by atoms with E-state index in [2.05, 4.69) is 48.2 Å². The molecule has 2 fully saturated rings. The Morgan fingerprint density at radius 3 is 2.49 bits per heavy atom. The Bertz CT molecular complexity index is 1620. The predicted octanol–water partition coefficient (Wildman–Crippen LogP) is 8.48. The summed E-state index contributed by atoms with van der Waals surface area (Å²) in [5.41, 5.74) is 6.37. The summed E-state index contributed by atoms with van der Waals surface area (Å²) in [6.07, 6.45) is 4.63. The third-order valence-electron chi connectivity index (χ3n) is 8.81. The number of benzene rings is 2. The summed E-state index contributed by atoms with van der Waals surface area (Å²) in [6.45, 7) is 6.08. The van der Waals surface area contributed by atoms with Gasteiger partial charge in [0.05, 0.1) is 11.1 Å². The van der Waals surface area contributed by atoms with E-state index < -0.39 is 11.7 Å². The number of aryl methyl sites for hydroxylation is 2. The van der Waals surface area contributed by atoms with Crippen molar-refractivity contribution in [2.75, 3.05) is 18.0 Å². The number of piperidine rings is 1. The van der Waals surface area contributed by atoms with E-state index in [9.17, 15) is 13.2 Å². The van der Waals surface area contributed by atoms with Crippen LogP contribution >= 0.6 is 0 Å². The van der Waals surface area contributed by atoms with Crippen LogP contribution in [-0.2, 0) is 6.18 Å². The van der Waals surface area contributed by atoms with Gasteiger partial charge in [0.2, 0.25) is 0 Å². The highest BCUT2D eigenvalue weighted by atomic mass is 19.4. The van der Waals surface area contributed by atoms with E-state index in [0.717, 1.165) is 79.2 Å². The fourth-order valence-electron chi connectivity index (χ4n) is 6.54. The quantitative estimate of drug-likeness (QED) is 0.266. The normalized spacial score (nSPS) is 18.9. The van der Waals surface area contributed by atoms with E-state index in [0.29, 0.717) is 5.69 Å². The van der Waals surface area contributed by atoms with Crippen LogP contribution in [0.15, 0.2) is 59.3 Å². The second kappa shape index (κ2) is 8.70. The van der Waals surface area contributed by atoms with Gasteiger partial charge in [0, 0.05) is 47.4 Å². The van der Waals surface area contributed by atoms with E-state index in [1.807, 2.05) is 6.20 Å². The average Bonchev–Trinajstić information content (AvgIpc) is 3.65. The maximum absolute atomic E-state index is 13.9. The molecule has 1 spiro atoms. The molecule has 0 radical (unpaired) electrons. The summed E-state index contributed by atoms with van der Waals surface area (Å²) in [5.74, 6) is 1.02. The van der Waals surface area contributed by atoms with Crippen molar-refractivity contribution in [2.45, 2.75) is 58.0 Å². The third kappa shape index (κ3) is 4.14. The number of halogens is 3. The molecule has 1 saturated carbocycles. The van der Waals surface area contributed by atoms with E-state index in [4.69, 9.17) is 9.51 Å². The first-order chi connectivity index (χ1) is 18.7. The van der Waals surface area contributed by atoms with Crippen molar-refractivity contribution in [3.05, 3.63) is 82.8 Å². The van der Waals surface area contributed by atoms with Gasteiger partial charge < -0.3 is 9.42 Å². The van der Waals surface area contributed by atoms with Crippen molar-refractivity contribution >= 4 is 22.2 Å². The van der Waals surface area contributed by atoms with Gasteiger partial charge in [-0.25, -0.2) is 0 Å². The number of alkyl halides is 3. The molecule has 0 amide bonds. The Balaban J connectivity index is 1.17. The maximum Gasteiger partial charge on any atom is 0.417 e.